The molecule has 2 N–H and O–H groups in total. The van der Waals surface area contributed by atoms with Crippen LogP contribution in [0.4, 0.5) is 5.69 Å². The quantitative estimate of drug-likeness (QED) is 0.767. The van der Waals surface area contributed by atoms with Gasteiger partial charge in [0.1, 0.15) is 0 Å². The van der Waals surface area contributed by atoms with Crippen LogP contribution in [0.3, 0.4) is 0 Å². The molecule has 1 heterocycles. The molecule has 1 amide bonds. The number of halogens is 1. The molecule has 0 aromatic heterocycles. The van der Waals surface area contributed by atoms with Gasteiger partial charge in [-0.3, -0.25) is 4.79 Å². The molecule has 0 bridgehead atoms. The van der Waals surface area contributed by atoms with Crippen LogP contribution in [-0.2, 0) is 16.0 Å². The predicted octanol–water partition coefficient (Wildman–Crippen LogP) is 3.26. The average Bonchev–Trinajstić information content (AvgIpc) is 2.56. The van der Waals surface area contributed by atoms with Crippen LogP contribution in [0.5, 0.6) is 0 Å². The van der Waals surface area contributed by atoms with E-state index < -0.39 is 23.4 Å². The van der Waals surface area contributed by atoms with E-state index in [4.69, 9.17) is 9.84 Å². The number of carbonyl (C=O) groups excluding carboxylic acids is 2. The van der Waals surface area contributed by atoms with Crippen molar-refractivity contribution in [3.63, 3.8) is 0 Å². The Hall–Kier alpha value is -2.67. The van der Waals surface area contributed by atoms with Crippen LogP contribution in [-0.4, -0.2) is 28.6 Å². The minimum atomic E-state index is -1.34. The lowest BCUT2D eigenvalue weighted by atomic mass is 9.89. The highest BCUT2D eigenvalue weighted by atomic mass is 79.9. The van der Waals surface area contributed by atoms with E-state index >= 15 is 0 Å². The van der Waals surface area contributed by atoms with E-state index in [-0.39, 0.29) is 12.0 Å². The number of carboxylic acids is 1. The van der Waals surface area contributed by atoms with E-state index in [1.54, 1.807) is 25.1 Å². The predicted molar refractivity (Wildman–Crippen MR) is 93.7 cm³/mol. The molecule has 128 valence electrons. The number of rotatable bonds is 3. The first kappa shape index (κ1) is 17.2. The average molecular weight is 404 g/mol. The van der Waals surface area contributed by atoms with Crippen molar-refractivity contribution in [2.75, 3.05) is 5.32 Å². The first-order valence-electron chi connectivity index (χ1n) is 7.45. The molecular weight excluding hydrogens is 390 g/mol. The Morgan fingerprint density at radius 1 is 1.20 bits per heavy atom. The summed E-state index contributed by atoms with van der Waals surface area (Å²) < 4.78 is 6.14. The van der Waals surface area contributed by atoms with Crippen LogP contribution in [0.15, 0.2) is 46.9 Å². The third kappa shape index (κ3) is 3.41. The van der Waals surface area contributed by atoms with Gasteiger partial charge in [0, 0.05) is 16.6 Å². The summed E-state index contributed by atoms with van der Waals surface area (Å²) in [5, 5.41) is 11.6. The summed E-state index contributed by atoms with van der Waals surface area (Å²) in [5.41, 5.74) is 0.370. The van der Waals surface area contributed by atoms with Crippen LogP contribution >= 0.6 is 15.9 Å². The van der Waals surface area contributed by atoms with Crippen molar-refractivity contribution >= 4 is 39.5 Å². The van der Waals surface area contributed by atoms with E-state index in [0.717, 1.165) is 10.0 Å². The lowest BCUT2D eigenvalue weighted by Crippen LogP contribution is -2.48. The van der Waals surface area contributed by atoms with Gasteiger partial charge in [-0.15, -0.1) is 0 Å². The number of aromatic carboxylic acids is 1. The van der Waals surface area contributed by atoms with Gasteiger partial charge in [0.25, 0.3) is 5.91 Å². The lowest BCUT2D eigenvalue weighted by Gasteiger charge is -2.33. The normalized spacial score (nSPS) is 18.9. The molecule has 0 radical (unpaired) electrons. The summed E-state index contributed by atoms with van der Waals surface area (Å²) in [7, 11) is 0. The van der Waals surface area contributed by atoms with Crippen molar-refractivity contribution in [1.29, 1.82) is 0 Å². The first-order valence-corrected chi connectivity index (χ1v) is 8.24. The van der Waals surface area contributed by atoms with Gasteiger partial charge in [0.15, 0.2) is 5.60 Å². The molecule has 2 aromatic carbocycles. The molecule has 6 nitrogen and oxygen atoms in total. The Kier molecular flexibility index (Phi) is 4.34. The third-order valence-electron chi connectivity index (χ3n) is 4.01. The van der Waals surface area contributed by atoms with Crippen molar-refractivity contribution in [2.24, 2.45) is 0 Å². The maximum Gasteiger partial charge on any atom is 0.339 e. The summed E-state index contributed by atoms with van der Waals surface area (Å²) >= 11 is 3.31. The molecule has 0 saturated carbocycles. The zero-order valence-corrected chi connectivity index (χ0v) is 14.8. The zero-order valence-electron chi connectivity index (χ0n) is 13.2. The van der Waals surface area contributed by atoms with Crippen LogP contribution in [0.2, 0.25) is 0 Å². The number of esters is 1. The molecule has 3 rings (SSSR count). The molecule has 1 aliphatic heterocycles. The van der Waals surface area contributed by atoms with Gasteiger partial charge >= 0.3 is 11.9 Å². The molecule has 1 atom stereocenters. The molecule has 7 heteroatoms. The summed E-state index contributed by atoms with van der Waals surface area (Å²) in [4.78, 5) is 35.7. The number of benzene rings is 2. The van der Waals surface area contributed by atoms with Gasteiger partial charge in [-0.1, -0.05) is 22.0 Å². The van der Waals surface area contributed by atoms with Gasteiger partial charge < -0.3 is 15.2 Å². The Morgan fingerprint density at radius 3 is 2.52 bits per heavy atom. The van der Waals surface area contributed by atoms with E-state index in [1.807, 2.05) is 0 Å². The van der Waals surface area contributed by atoms with Gasteiger partial charge in [-0.2, -0.15) is 0 Å². The SMILES string of the molecule is CC1(C(=O)Nc2ccc(C(=O)O)cc2)Cc2ccc(Br)cc2C(=O)O1. The van der Waals surface area contributed by atoms with Crippen molar-refractivity contribution in [3.05, 3.63) is 63.6 Å². The molecule has 2 aromatic rings. The Labute approximate surface area is 151 Å². The summed E-state index contributed by atoms with van der Waals surface area (Å²) in [5.74, 6) is -2.08. The van der Waals surface area contributed by atoms with Gasteiger partial charge in [0.2, 0.25) is 0 Å². The van der Waals surface area contributed by atoms with Gasteiger partial charge in [-0.25, -0.2) is 9.59 Å². The highest BCUT2D eigenvalue weighted by molar-refractivity contribution is 9.10. The van der Waals surface area contributed by atoms with Crippen molar-refractivity contribution < 1.29 is 24.2 Å². The summed E-state index contributed by atoms with van der Waals surface area (Å²) in [6, 6.07) is 11.0. The minimum absolute atomic E-state index is 0.118. The van der Waals surface area contributed by atoms with E-state index in [1.165, 1.54) is 24.3 Å². The number of anilines is 1. The standard InChI is InChI=1S/C18H14BrNO5/c1-18(9-11-2-5-12(19)8-14(11)16(23)25-18)17(24)20-13-6-3-10(4-7-13)15(21)22/h2-8H,9H2,1H3,(H,20,24)(H,21,22). The number of hydrogen-bond donors (Lipinski definition) is 2. The molecule has 0 aliphatic carbocycles. The number of amides is 1. The second-order valence-corrected chi connectivity index (χ2v) is 6.85. The van der Waals surface area contributed by atoms with E-state index in [0.29, 0.717) is 11.3 Å². The third-order valence-corrected chi connectivity index (χ3v) is 4.50. The van der Waals surface area contributed by atoms with E-state index in [2.05, 4.69) is 21.2 Å². The summed E-state index contributed by atoms with van der Waals surface area (Å²) in [6.07, 6.45) is 0.250. The second kappa shape index (κ2) is 6.33. The fourth-order valence-corrected chi connectivity index (χ4v) is 3.00. The second-order valence-electron chi connectivity index (χ2n) is 5.94. The zero-order chi connectivity index (χ0) is 18.2. The monoisotopic (exact) mass is 403 g/mol. The fourth-order valence-electron chi connectivity index (χ4n) is 2.64. The minimum Gasteiger partial charge on any atom is -0.478 e. The molecule has 1 unspecified atom stereocenters. The smallest absolute Gasteiger partial charge is 0.339 e. The molecule has 1 aliphatic rings. The Balaban J connectivity index is 1.81. The number of carbonyl (C=O) groups is 3. The van der Waals surface area contributed by atoms with E-state index in [9.17, 15) is 14.4 Å². The van der Waals surface area contributed by atoms with Crippen LogP contribution in [0, 0.1) is 0 Å². The number of cyclic esters (lactones) is 1. The van der Waals surface area contributed by atoms with Crippen LogP contribution in [0.1, 0.15) is 33.2 Å². The summed E-state index contributed by atoms with van der Waals surface area (Å²) in [6.45, 7) is 1.55. The molecular formula is C18H14BrNO5. The Morgan fingerprint density at radius 2 is 1.88 bits per heavy atom. The Bertz CT molecular complexity index is 878. The van der Waals surface area contributed by atoms with Crippen molar-refractivity contribution in [2.45, 2.75) is 18.9 Å². The number of nitrogens with one attached hydrogen (secondary N) is 1. The number of ether oxygens (including phenoxy) is 1. The number of hydrogen-bond acceptors (Lipinski definition) is 4. The number of fused-ring (bicyclic) bond motifs is 1. The maximum atomic E-state index is 12.6. The van der Waals surface area contributed by atoms with Gasteiger partial charge in [0.05, 0.1) is 11.1 Å². The highest BCUT2D eigenvalue weighted by Crippen LogP contribution is 2.31. The largest absolute Gasteiger partial charge is 0.478 e. The van der Waals surface area contributed by atoms with Crippen LogP contribution in [0.25, 0.3) is 0 Å². The molecule has 0 spiro atoms. The van der Waals surface area contributed by atoms with Crippen molar-refractivity contribution in [1.82, 2.24) is 0 Å². The molecule has 25 heavy (non-hydrogen) atoms. The highest BCUT2D eigenvalue weighted by Gasteiger charge is 2.42. The fraction of sp³-hybridized carbons (Fsp3) is 0.167. The van der Waals surface area contributed by atoms with Crippen molar-refractivity contribution in [3.8, 4) is 0 Å². The molecule has 0 fully saturated rings. The molecule has 0 saturated heterocycles. The number of carboxylic acid groups (broad SMARTS) is 1. The lowest BCUT2D eigenvalue weighted by molar-refractivity contribution is -0.134. The topological polar surface area (TPSA) is 92.7 Å². The first-order chi connectivity index (χ1) is 11.8. The van der Waals surface area contributed by atoms with Gasteiger partial charge in [-0.05, 0) is 48.9 Å². The van der Waals surface area contributed by atoms with Crippen LogP contribution < -0.4 is 5.32 Å². The maximum absolute atomic E-state index is 12.6.